The van der Waals surface area contributed by atoms with Crippen molar-refractivity contribution in [1.29, 1.82) is 0 Å². The minimum absolute atomic E-state index is 0.0899. The number of aromatic nitrogens is 1. The van der Waals surface area contributed by atoms with Gasteiger partial charge in [0.15, 0.2) is 0 Å². The summed E-state index contributed by atoms with van der Waals surface area (Å²) < 4.78 is 13.2. The summed E-state index contributed by atoms with van der Waals surface area (Å²) in [4.78, 5) is 14.5. The topological polar surface area (TPSA) is 68.1 Å². The lowest BCUT2D eigenvalue weighted by Gasteiger charge is -2.15. The third-order valence-electron chi connectivity index (χ3n) is 3.27. The van der Waals surface area contributed by atoms with Crippen molar-refractivity contribution in [3.8, 4) is 0 Å². The first-order valence-corrected chi connectivity index (χ1v) is 6.65. The number of pyridine rings is 1. The van der Waals surface area contributed by atoms with Crippen molar-refractivity contribution in [3.05, 3.63) is 63.7 Å². The fourth-order valence-electron chi connectivity index (χ4n) is 2.12. The van der Waals surface area contributed by atoms with Gasteiger partial charge in [0.2, 0.25) is 0 Å². The van der Waals surface area contributed by atoms with E-state index in [1.54, 1.807) is 18.3 Å². The molecule has 0 fully saturated rings. The summed E-state index contributed by atoms with van der Waals surface area (Å²) in [5, 5.41) is 14.2. The molecule has 2 rings (SSSR count). The van der Waals surface area contributed by atoms with E-state index >= 15 is 0 Å². The highest BCUT2D eigenvalue weighted by Gasteiger charge is 2.14. The van der Waals surface area contributed by atoms with Gasteiger partial charge in [0, 0.05) is 23.5 Å². The summed E-state index contributed by atoms with van der Waals surface area (Å²) >= 11 is 0. The van der Waals surface area contributed by atoms with E-state index in [9.17, 15) is 14.5 Å². The number of nitrogens with zero attached hydrogens (tertiary/aromatic N) is 2. The van der Waals surface area contributed by atoms with E-state index in [0.29, 0.717) is 23.2 Å². The Hall–Kier alpha value is -2.50. The Balaban J connectivity index is 2.23. The van der Waals surface area contributed by atoms with Gasteiger partial charge in [-0.25, -0.2) is 4.39 Å². The van der Waals surface area contributed by atoms with Crippen LogP contribution in [0.15, 0.2) is 36.7 Å². The van der Waals surface area contributed by atoms with Crippen molar-refractivity contribution in [3.63, 3.8) is 0 Å². The summed E-state index contributed by atoms with van der Waals surface area (Å²) in [6.45, 7) is 3.71. The number of hydrogen-bond acceptors (Lipinski definition) is 4. The predicted octanol–water partition coefficient (Wildman–Crippen LogP) is 3.86. The van der Waals surface area contributed by atoms with Crippen LogP contribution in [-0.4, -0.2) is 9.91 Å². The third kappa shape index (κ3) is 3.53. The van der Waals surface area contributed by atoms with Gasteiger partial charge in [-0.2, -0.15) is 0 Å². The highest BCUT2D eigenvalue weighted by Crippen LogP contribution is 2.26. The molecular formula is C15H16FN3O2. The molecule has 0 amide bonds. The molecule has 1 heterocycles. The lowest BCUT2D eigenvalue weighted by Crippen LogP contribution is -2.08. The fraction of sp³-hybridized carbons (Fsp3) is 0.267. The molecule has 0 aliphatic heterocycles. The molecule has 2 aromatic rings. The molecule has 0 spiro atoms. The maximum Gasteiger partial charge on any atom is 0.274 e. The minimum atomic E-state index is -0.409. The molecule has 0 saturated heterocycles. The average molecular weight is 289 g/mol. The van der Waals surface area contributed by atoms with Gasteiger partial charge in [-0.3, -0.25) is 15.1 Å². The maximum atomic E-state index is 13.2. The number of anilines is 1. The second-order valence-corrected chi connectivity index (χ2v) is 4.76. The summed E-state index contributed by atoms with van der Waals surface area (Å²) in [6.07, 6.45) is 3.30. The number of benzene rings is 1. The molecule has 21 heavy (non-hydrogen) atoms. The van der Waals surface area contributed by atoms with Crippen molar-refractivity contribution < 1.29 is 9.31 Å². The van der Waals surface area contributed by atoms with Crippen molar-refractivity contribution >= 4 is 11.4 Å². The van der Waals surface area contributed by atoms with Gasteiger partial charge in [0.1, 0.15) is 5.82 Å². The zero-order chi connectivity index (χ0) is 15.4. The first kappa shape index (κ1) is 14.9. The van der Waals surface area contributed by atoms with Crippen LogP contribution >= 0.6 is 0 Å². The summed E-state index contributed by atoms with van der Waals surface area (Å²) in [7, 11) is 0. The van der Waals surface area contributed by atoms with Crippen LogP contribution in [0.4, 0.5) is 15.8 Å². The summed E-state index contributed by atoms with van der Waals surface area (Å²) in [5.74, 6) is -0.409. The maximum absolute atomic E-state index is 13.2. The Morgan fingerprint density at radius 1 is 1.38 bits per heavy atom. The number of nitro groups is 1. The number of nitrogens with one attached hydrogen (secondary N) is 1. The molecule has 1 atom stereocenters. The van der Waals surface area contributed by atoms with E-state index in [2.05, 4.69) is 10.3 Å². The fourth-order valence-corrected chi connectivity index (χ4v) is 2.12. The standard InChI is InChI=1S/C15H16FN3O2/c1-3-11-4-5-14(7-15(11)19(20)21)18-10(2)12-6-13(16)9-17-8-12/h4-10,18H,3H2,1-2H3. The van der Waals surface area contributed by atoms with Gasteiger partial charge in [-0.05, 0) is 31.0 Å². The third-order valence-corrected chi connectivity index (χ3v) is 3.27. The molecule has 1 aromatic carbocycles. The van der Waals surface area contributed by atoms with Crippen molar-refractivity contribution in [1.82, 2.24) is 4.98 Å². The molecule has 6 heteroatoms. The lowest BCUT2D eigenvalue weighted by atomic mass is 10.1. The summed E-state index contributed by atoms with van der Waals surface area (Å²) in [6, 6.07) is 6.20. The molecule has 0 radical (unpaired) electrons. The van der Waals surface area contributed by atoms with Crippen LogP contribution in [0.1, 0.15) is 31.0 Å². The van der Waals surface area contributed by atoms with Crippen LogP contribution in [-0.2, 0) is 6.42 Å². The SMILES string of the molecule is CCc1ccc(NC(C)c2cncc(F)c2)cc1[N+](=O)[O-]. The normalized spacial score (nSPS) is 12.0. The van der Waals surface area contributed by atoms with Crippen LogP contribution < -0.4 is 5.32 Å². The van der Waals surface area contributed by atoms with E-state index in [4.69, 9.17) is 0 Å². The Labute approximate surface area is 122 Å². The first-order valence-electron chi connectivity index (χ1n) is 6.65. The highest BCUT2D eigenvalue weighted by atomic mass is 19.1. The van der Waals surface area contributed by atoms with Crippen molar-refractivity contribution in [2.24, 2.45) is 0 Å². The van der Waals surface area contributed by atoms with Gasteiger partial charge in [0.05, 0.1) is 17.2 Å². The van der Waals surface area contributed by atoms with Gasteiger partial charge in [-0.1, -0.05) is 13.0 Å². The van der Waals surface area contributed by atoms with Crippen molar-refractivity contribution in [2.75, 3.05) is 5.32 Å². The van der Waals surface area contributed by atoms with Crippen molar-refractivity contribution in [2.45, 2.75) is 26.3 Å². The second-order valence-electron chi connectivity index (χ2n) is 4.76. The van der Waals surface area contributed by atoms with E-state index in [-0.39, 0.29) is 11.7 Å². The zero-order valence-corrected chi connectivity index (χ0v) is 11.8. The predicted molar refractivity (Wildman–Crippen MR) is 78.7 cm³/mol. The molecule has 0 aliphatic carbocycles. The largest absolute Gasteiger partial charge is 0.378 e. The van der Waals surface area contributed by atoms with Gasteiger partial charge in [-0.15, -0.1) is 0 Å². The molecule has 110 valence electrons. The number of nitro benzene ring substituents is 1. The highest BCUT2D eigenvalue weighted by molar-refractivity contribution is 5.56. The van der Waals surface area contributed by atoms with E-state index < -0.39 is 10.7 Å². The minimum Gasteiger partial charge on any atom is -0.378 e. The number of aryl methyl sites for hydroxylation is 1. The Morgan fingerprint density at radius 3 is 2.76 bits per heavy atom. The van der Waals surface area contributed by atoms with E-state index in [1.807, 2.05) is 13.8 Å². The van der Waals surface area contributed by atoms with E-state index in [1.165, 1.54) is 12.1 Å². The number of hydrogen-bond donors (Lipinski definition) is 1. The van der Waals surface area contributed by atoms with Crippen LogP contribution in [0, 0.1) is 15.9 Å². The second kappa shape index (κ2) is 6.30. The van der Waals surface area contributed by atoms with E-state index in [0.717, 1.165) is 6.20 Å². The number of halogens is 1. The molecule has 0 bridgehead atoms. The van der Waals surface area contributed by atoms with Gasteiger partial charge in [0.25, 0.3) is 5.69 Å². The average Bonchev–Trinajstić information content (AvgIpc) is 2.47. The van der Waals surface area contributed by atoms with Crippen LogP contribution in [0.5, 0.6) is 0 Å². The Kier molecular flexibility index (Phi) is 4.47. The monoisotopic (exact) mass is 289 g/mol. The molecule has 0 saturated carbocycles. The molecular weight excluding hydrogens is 273 g/mol. The quantitative estimate of drug-likeness (QED) is 0.670. The summed E-state index contributed by atoms with van der Waals surface area (Å²) in [5.41, 5.74) is 2.07. The van der Waals surface area contributed by atoms with Crippen LogP contribution in [0.2, 0.25) is 0 Å². The lowest BCUT2D eigenvalue weighted by molar-refractivity contribution is -0.385. The molecule has 1 aromatic heterocycles. The van der Waals surface area contributed by atoms with Gasteiger partial charge < -0.3 is 5.32 Å². The Bertz CT molecular complexity index is 661. The van der Waals surface area contributed by atoms with Crippen LogP contribution in [0.3, 0.4) is 0 Å². The molecule has 5 nitrogen and oxygen atoms in total. The molecule has 0 aliphatic rings. The molecule has 1 N–H and O–H groups in total. The zero-order valence-electron chi connectivity index (χ0n) is 11.8. The molecule has 1 unspecified atom stereocenters. The number of rotatable bonds is 5. The van der Waals surface area contributed by atoms with Gasteiger partial charge >= 0.3 is 0 Å². The van der Waals surface area contributed by atoms with Crippen LogP contribution in [0.25, 0.3) is 0 Å². The Morgan fingerprint density at radius 2 is 2.14 bits per heavy atom. The first-order chi connectivity index (χ1) is 10.0. The smallest absolute Gasteiger partial charge is 0.274 e.